The van der Waals surface area contributed by atoms with Crippen LogP contribution in [0.15, 0.2) is 16.9 Å². The highest BCUT2D eigenvalue weighted by atomic mass is 16.6. The van der Waals surface area contributed by atoms with Crippen LogP contribution in [0.2, 0.25) is 0 Å². The predicted molar refractivity (Wildman–Crippen MR) is 62.1 cm³/mol. The minimum Gasteiger partial charge on any atom is -0.399 e. The molecule has 94 valence electrons. The zero-order valence-electron chi connectivity index (χ0n) is 9.70. The number of hydrogen-bond acceptors (Lipinski definition) is 5. The SMILES string of the molecule is CN=C(/C(=C\N)[N+](=O)[O-])N1CC2CCC(C1)O2. The Hall–Kier alpha value is -1.63. The third-order valence-corrected chi connectivity index (χ3v) is 3.14. The molecule has 0 aromatic heterocycles. The second-order valence-electron chi connectivity index (χ2n) is 4.22. The van der Waals surface area contributed by atoms with E-state index in [1.807, 2.05) is 4.90 Å². The lowest BCUT2D eigenvalue weighted by atomic mass is 10.2. The number of ether oxygens (including phenoxy) is 1. The van der Waals surface area contributed by atoms with E-state index in [1.54, 1.807) is 7.05 Å². The number of likely N-dealkylation sites (tertiary alicyclic amines) is 1. The third-order valence-electron chi connectivity index (χ3n) is 3.14. The summed E-state index contributed by atoms with van der Waals surface area (Å²) in [4.78, 5) is 16.3. The van der Waals surface area contributed by atoms with E-state index < -0.39 is 4.92 Å². The number of amidine groups is 1. The Morgan fingerprint density at radius 3 is 2.53 bits per heavy atom. The van der Waals surface area contributed by atoms with E-state index >= 15 is 0 Å². The van der Waals surface area contributed by atoms with Gasteiger partial charge < -0.3 is 15.4 Å². The molecule has 2 heterocycles. The van der Waals surface area contributed by atoms with Gasteiger partial charge in [-0.3, -0.25) is 15.1 Å². The molecular weight excluding hydrogens is 224 g/mol. The molecule has 17 heavy (non-hydrogen) atoms. The highest BCUT2D eigenvalue weighted by Gasteiger charge is 2.37. The van der Waals surface area contributed by atoms with Gasteiger partial charge in [-0.2, -0.15) is 0 Å². The Balaban J connectivity index is 2.17. The van der Waals surface area contributed by atoms with Crippen LogP contribution in [0.1, 0.15) is 12.8 Å². The van der Waals surface area contributed by atoms with Crippen LogP contribution in [0.3, 0.4) is 0 Å². The fraction of sp³-hybridized carbons (Fsp3) is 0.700. The number of nitrogens with zero attached hydrogens (tertiary/aromatic N) is 3. The molecule has 2 fully saturated rings. The minimum atomic E-state index is -0.500. The first-order valence-electron chi connectivity index (χ1n) is 5.59. The van der Waals surface area contributed by atoms with Crippen molar-refractivity contribution in [2.75, 3.05) is 20.1 Å². The molecule has 0 aromatic rings. The minimum absolute atomic E-state index is 0.145. The average molecular weight is 240 g/mol. The van der Waals surface area contributed by atoms with E-state index in [0.29, 0.717) is 18.9 Å². The molecule has 2 unspecified atom stereocenters. The number of aliphatic imine (C=N–C) groups is 1. The fourth-order valence-corrected chi connectivity index (χ4v) is 2.42. The van der Waals surface area contributed by atoms with Crippen LogP contribution in [0.4, 0.5) is 0 Å². The van der Waals surface area contributed by atoms with E-state index in [2.05, 4.69) is 4.99 Å². The van der Waals surface area contributed by atoms with Crippen molar-refractivity contribution in [1.82, 2.24) is 4.90 Å². The van der Waals surface area contributed by atoms with E-state index in [4.69, 9.17) is 10.5 Å². The van der Waals surface area contributed by atoms with Crippen LogP contribution in [-0.4, -0.2) is 48.0 Å². The van der Waals surface area contributed by atoms with Gasteiger partial charge in [-0.1, -0.05) is 0 Å². The maximum atomic E-state index is 10.9. The van der Waals surface area contributed by atoms with Gasteiger partial charge in [0.2, 0.25) is 5.84 Å². The van der Waals surface area contributed by atoms with E-state index in [-0.39, 0.29) is 17.9 Å². The van der Waals surface area contributed by atoms with Crippen LogP contribution >= 0.6 is 0 Å². The molecule has 2 N–H and O–H groups in total. The van der Waals surface area contributed by atoms with Gasteiger partial charge in [0, 0.05) is 20.1 Å². The van der Waals surface area contributed by atoms with Crippen LogP contribution in [0.5, 0.6) is 0 Å². The van der Waals surface area contributed by atoms with E-state index in [0.717, 1.165) is 19.0 Å². The Morgan fingerprint density at radius 2 is 2.12 bits per heavy atom. The van der Waals surface area contributed by atoms with Gasteiger partial charge in [-0.25, -0.2) is 0 Å². The molecule has 7 heteroatoms. The molecule has 2 aliphatic rings. The molecule has 0 aromatic carbocycles. The molecule has 2 atom stereocenters. The molecule has 0 spiro atoms. The Morgan fingerprint density at radius 1 is 1.53 bits per heavy atom. The Bertz CT molecular complexity index is 368. The predicted octanol–water partition coefficient (Wildman–Crippen LogP) is -0.0453. The molecule has 0 saturated carbocycles. The molecule has 2 aliphatic heterocycles. The lowest BCUT2D eigenvalue weighted by Gasteiger charge is -2.33. The zero-order chi connectivity index (χ0) is 12.4. The van der Waals surface area contributed by atoms with Gasteiger partial charge in [-0.15, -0.1) is 0 Å². The quantitative estimate of drug-likeness (QED) is 0.316. The summed E-state index contributed by atoms with van der Waals surface area (Å²) in [5.74, 6) is 0.345. The van der Waals surface area contributed by atoms with Gasteiger partial charge in [0.15, 0.2) is 0 Å². The molecular formula is C10H16N4O3. The second-order valence-corrected chi connectivity index (χ2v) is 4.22. The van der Waals surface area contributed by atoms with Crippen LogP contribution in [-0.2, 0) is 4.74 Å². The van der Waals surface area contributed by atoms with Gasteiger partial charge in [0.25, 0.3) is 0 Å². The fourth-order valence-electron chi connectivity index (χ4n) is 2.42. The first-order chi connectivity index (χ1) is 8.15. The lowest BCUT2D eigenvalue weighted by Crippen LogP contribution is -2.47. The summed E-state index contributed by atoms with van der Waals surface area (Å²) in [5.41, 5.74) is 5.15. The summed E-state index contributed by atoms with van der Waals surface area (Å²) in [6.45, 7) is 1.29. The van der Waals surface area contributed by atoms with Crippen molar-refractivity contribution in [2.45, 2.75) is 25.0 Å². The molecule has 2 bridgehead atoms. The maximum Gasteiger partial charge on any atom is 0.326 e. The van der Waals surface area contributed by atoms with Gasteiger partial charge in [-0.05, 0) is 12.8 Å². The highest BCUT2D eigenvalue weighted by molar-refractivity contribution is 5.96. The third kappa shape index (κ3) is 2.23. The standard InChI is InChI=1S/C10H16N4O3/c1-12-10(9(4-11)14(15)16)13-5-7-2-3-8(6-13)17-7/h4,7-8H,2-3,5-6,11H2,1H3/b9-4+,12-10?. The van der Waals surface area contributed by atoms with Crippen molar-refractivity contribution in [2.24, 2.45) is 10.7 Å². The monoisotopic (exact) mass is 240 g/mol. The largest absolute Gasteiger partial charge is 0.399 e. The van der Waals surface area contributed by atoms with Crippen LogP contribution in [0.25, 0.3) is 0 Å². The van der Waals surface area contributed by atoms with Crippen molar-refractivity contribution < 1.29 is 9.66 Å². The average Bonchev–Trinajstić information content (AvgIpc) is 2.64. The summed E-state index contributed by atoms with van der Waals surface area (Å²) >= 11 is 0. The van der Waals surface area contributed by atoms with E-state index in [1.165, 1.54) is 0 Å². The van der Waals surface area contributed by atoms with Crippen molar-refractivity contribution in [1.29, 1.82) is 0 Å². The Labute approximate surface area is 99.1 Å². The summed E-state index contributed by atoms with van der Waals surface area (Å²) in [5, 5.41) is 10.9. The van der Waals surface area contributed by atoms with Crippen molar-refractivity contribution in [3.8, 4) is 0 Å². The number of nitro groups is 1. The second kappa shape index (κ2) is 4.70. The van der Waals surface area contributed by atoms with Crippen LogP contribution in [0, 0.1) is 10.1 Å². The normalized spacial score (nSPS) is 29.6. The molecule has 0 aliphatic carbocycles. The van der Waals surface area contributed by atoms with Gasteiger partial charge in [0.05, 0.1) is 23.3 Å². The van der Waals surface area contributed by atoms with Crippen LogP contribution < -0.4 is 5.73 Å². The number of rotatable bonds is 2. The summed E-state index contributed by atoms with van der Waals surface area (Å²) in [6.07, 6.45) is 3.35. The van der Waals surface area contributed by atoms with Crippen molar-refractivity contribution >= 4 is 5.84 Å². The van der Waals surface area contributed by atoms with Gasteiger partial charge in [0.1, 0.15) is 0 Å². The smallest absolute Gasteiger partial charge is 0.326 e. The number of nitrogens with two attached hydrogens (primary N) is 1. The molecule has 7 nitrogen and oxygen atoms in total. The molecule has 2 rings (SSSR count). The lowest BCUT2D eigenvalue weighted by molar-refractivity contribution is -0.416. The zero-order valence-corrected chi connectivity index (χ0v) is 9.70. The summed E-state index contributed by atoms with van der Waals surface area (Å²) < 4.78 is 5.68. The first kappa shape index (κ1) is 11.8. The van der Waals surface area contributed by atoms with E-state index in [9.17, 15) is 10.1 Å². The summed E-state index contributed by atoms with van der Waals surface area (Å²) in [7, 11) is 1.54. The topological polar surface area (TPSA) is 94.0 Å². The Kier molecular flexibility index (Phi) is 3.28. The number of morpholine rings is 1. The summed E-state index contributed by atoms with van der Waals surface area (Å²) in [6, 6.07) is 0. The first-order valence-corrected chi connectivity index (χ1v) is 5.59. The van der Waals surface area contributed by atoms with Crippen molar-refractivity contribution in [3.05, 3.63) is 22.0 Å². The molecule has 2 saturated heterocycles. The molecule has 0 amide bonds. The maximum absolute atomic E-state index is 10.9. The number of hydrogen-bond donors (Lipinski definition) is 1. The molecule has 0 radical (unpaired) electrons. The highest BCUT2D eigenvalue weighted by Crippen LogP contribution is 2.27. The number of fused-ring (bicyclic) bond motifs is 2. The van der Waals surface area contributed by atoms with Gasteiger partial charge >= 0.3 is 5.70 Å². The van der Waals surface area contributed by atoms with Crippen molar-refractivity contribution in [3.63, 3.8) is 0 Å².